The molecular weight excluding hydrogens is 378 g/mol. The van der Waals surface area contributed by atoms with Gasteiger partial charge in [0.1, 0.15) is 15.6 Å². The Hall–Kier alpha value is -2.10. The molecule has 27 heavy (non-hydrogen) atoms. The lowest BCUT2D eigenvalue weighted by molar-refractivity contribution is -0.0495. The monoisotopic (exact) mass is 404 g/mol. The molecule has 2 N–H and O–H groups in total. The molecular formula is C17H26F2N4O3S. The van der Waals surface area contributed by atoms with Crippen molar-refractivity contribution >= 4 is 21.5 Å². The quantitative estimate of drug-likeness (QED) is 0.388. The number of nitrogens with zero attached hydrogens (tertiary/aromatic N) is 2. The third-order valence-electron chi connectivity index (χ3n) is 4.16. The van der Waals surface area contributed by atoms with Gasteiger partial charge in [-0.25, -0.2) is 8.42 Å². The summed E-state index contributed by atoms with van der Waals surface area (Å²) in [4.78, 5) is 6.14. The van der Waals surface area contributed by atoms with Crippen molar-refractivity contribution < 1.29 is 21.9 Å². The van der Waals surface area contributed by atoms with Crippen molar-refractivity contribution in [2.75, 3.05) is 43.6 Å². The summed E-state index contributed by atoms with van der Waals surface area (Å²) in [7, 11) is -1.33. The maximum Gasteiger partial charge on any atom is 0.387 e. The van der Waals surface area contributed by atoms with Gasteiger partial charge in [-0.05, 0) is 25.0 Å². The highest BCUT2D eigenvalue weighted by molar-refractivity contribution is 7.90. The number of benzene rings is 1. The third kappa shape index (κ3) is 7.20. The normalized spacial score (nSPS) is 18.0. The van der Waals surface area contributed by atoms with E-state index in [-0.39, 0.29) is 17.5 Å². The largest absolute Gasteiger partial charge is 0.433 e. The van der Waals surface area contributed by atoms with E-state index < -0.39 is 16.4 Å². The number of hydrogen-bond acceptors (Lipinski definition) is 5. The van der Waals surface area contributed by atoms with Gasteiger partial charge in [-0.15, -0.1) is 0 Å². The zero-order valence-electron chi connectivity index (χ0n) is 15.5. The lowest BCUT2D eigenvalue weighted by atomic mass is 10.2. The van der Waals surface area contributed by atoms with Crippen LogP contribution in [0.1, 0.15) is 12.8 Å². The smallest absolute Gasteiger partial charge is 0.387 e. The Morgan fingerprint density at radius 3 is 2.81 bits per heavy atom. The topological polar surface area (TPSA) is 83.0 Å². The molecule has 0 amide bonds. The number of halogens is 2. The van der Waals surface area contributed by atoms with Crippen LogP contribution in [0.3, 0.4) is 0 Å². The molecule has 0 saturated carbocycles. The van der Waals surface area contributed by atoms with E-state index in [0.717, 1.165) is 6.42 Å². The molecule has 1 aliphatic heterocycles. The van der Waals surface area contributed by atoms with Gasteiger partial charge in [-0.3, -0.25) is 4.99 Å². The van der Waals surface area contributed by atoms with Gasteiger partial charge in [0, 0.05) is 39.0 Å². The van der Waals surface area contributed by atoms with Gasteiger partial charge >= 0.3 is 6.61 Å². The Morgan fingerprint density at radius 1 is 1.41 bits per heavy atom. The van der Waals surface area contributed by atoms with Crippen LogP contribution < -0.4 is 20.3 Å². The summed E-state index contributed by atoms with van der Waals surface area (Å²) < 4.78 is 52.1. The Labute approximate surface area is 158 Å². The Bertz CT molecular complexity index is 743. The summed E-state index contributed by atoms with van der Waals surface area (Å²) in [5.41, 5.74) is 0.637. The summed E-state index contributed by atoms with van der Waals surface area (Å²) in [6, 6.07) is 6.83. The molecule has 10 heteroatoms. The molecule has 0 aliphatic carbocycles. The summed E-state index contributed by atoms with van der Waals surface area (Å²) in [6.45, 7) is -1.05. The molecule has 1 aliphatic rings. The average molecular weight is 404 g/mol. The van der Waals surface area contributed by atoms with Gasteiger partial charge in [0.25, 0.3) is 0 Å². The predicted octanol–water partition coefficient (Wildman–Crippen LogP) is 1.47. The van der Waals surface area contributed by atoms with Crippen LogP contribution in [0.15, 0.2) is 29.3 Å². The van der Waals surface area contributed by atoms with E-state index in [1.54, 1.807) is 25.2 Å². The van der Waals surface area contributed by atoms with E-state index in [1.807, 2.05) is 4.90 Å². The molecule has 7 nitrogen and oxygen atoms in total. The van der Waals surface area contributed by atoms with Crippen molar-refractivity contribution in [1.29, 1.82) is 0 Å². The van der Waals surface area contributed by atoms with Gasteiger partial charge in [0.05, 0.1) is 11.4 Å². The number of ether oxygens (including phenoxy) is 1. The number of para-hydroxylation sites is 2. The Morgan fingerprint density at radius 2 is 2.15 bits per heavy atom. The van der Waals surface area contributed by atoms with E-state index in [1.165, 1.54) is 12.3 Å². The zero-order chi connectivity index (χ0) is 19.9. The van der Waals surface area contributed by atoms with Crippen LogP contribution in [0.4, 0.5) is 14.5 Å². The number of nitrogens with one attached hydrogen (secondary N) is 2. The van der Waals surface area contributed by atoms with E-state index in [2.05, 4.69) is 20.4 Å². The van der Waals surface area contributed by atoms with Crippen LogP contribution in [0.5, 0.6) is 5.75 Å². The second kappa shape index (κ2) is 9.72. The second-order valence-electron chi connectivity index (χ2n) is 6.40. The maximum atomic E-state index is 12.6. The zero-order valence-corrected chi connectivity index (χ0v) is 16.3. The second-order valence-corrected chi connectivity index (χ2v) is 8.66. The summed E-state index contributed by atoms with van der Waals surface area (Å²) in [5.74, 6) is 0.874. The first kappa shape index (κ1) is 21.2. The Kier molecular flexibility index (Phi) is 7.64. The highest BCUT2D eigenvalue weighted by Gasteiger charge is 2.26. The minimum absolute atomic E-state index is 0.0886. The first-order chi connectivity index (χ1) is 12.8. The van der Waals surface area contributed by atoms with E-state index in [9.17, 15) is 17.2 Å². The fraction of sp³-hybridized carbons (Fsp3) is 0.588. The van der Waals surface area contributed by atoms with Crippen molar-refractivity contribution in [3.63, 3.8) is 0 Å². The molecule has 152 valence electrons. The van der Waals surface area contributed by atoms with Crippen LogP contribution in [-0.4, -0.2) is 65.7 Å². The molecule has 0 aromatic heterocycles. The van der Waals surface area contributed by atoms with Crippen LogP contribution in [0.2, 0.25) is 0 Å². The predicted molar refractivity (Wildman–Crippen MR) is 103 cm³/mol. The van der Waals surface area contributed by atoms with E-state index >= 15 is 0 Å². The number of sulfone groups is 1. The highest BCUT2D eigenvalue weighted by atomic mass is 32.2. The van der Waals surface area contributed by atoms with Gasteiger partial charge in [-0.1, -0.05) is 12.1 Å². The number of rotatable bonds is 8. The molecule has 0 spiro atoms. The number of aliphatic imine (C=N–C) groups is 1. The molecule has 1 unspecified atom stereocenters. The summed E-state index contributed by atoms with van der Waals surface area (Å²) >= 11 is 0. The lowest BCUT2D eigenvalue weighted by Crippen LogP contribution is -2.45. The van der Waals surface area contributed by atoms with Gasteiger partial charge < -0.3 is 20.3 Å². The first-order valence-electron chi connectivity index (χ1n) is 8.72. The van der Waals surface area contributed by atoms with E-state index in [4.69, 9.17) is 0 Å². The highest BCUT2D eigenvalue weighted by Crippen LogP contribution is 2.31. The number of guanidine groups is 1. The van der Waals surface area contributed by atoms with Crippen LogP contribution in [-0.2, 0) is 9.84 Å². The first-order valence-corrected chi connectivity index (χ1v) is 10.8. The fourth-order valence-electron chi connectivity index (χ4n) is 2.94. The van der Waals surface area contributed by atoms with Gasteiger partial charge in [-0.2, -0.15) is 8.78 Å². The lowest BCUT2D eigenvalue weighted by Gasteiger charge is -2.22. The standard InChI is InChI=1S/C17H26F2N4O3S/c1-20-17(21-9-5-11-27(2,24)25)22-13-8-10-23(12-13)14-6-3-4-7-15(14)26-16(18)19/h3-4,6-7,13,16H,5,8-12H2,1-2H3,(H2,20,21,22). The molecule has 1 aromatic rings. The van der Waals surface area contributed by atoms with E-state index in [0.29, 0.717) is 37.7 Å². The maximum absolute atomic E-state index is 12.6. The molecule has 2 rings (SSSR count). The van der Waals surface area contributed by atoms with Crippen LogP contribution in [0.25, 0.3) is 0 Å². The molecule has 0 bridgehead atoms. The van der Waals surface area contributed by atoms with Crippen LogP contribution in [0, 0.1) is 0 Å². The van der Waals surface area contributed by atoms with Gasteiger partial charge in [0.15, 0.2) is 5.96 Å². The average Bonchev–Trinajstić information content (AvgIpc) is 3.05. The van der Waals surface area contributed by atoms with Gasteiger partial charge in [0.2, 0.25) is 0 Å². The molecule has 1 saturated heterocycles. The van der Waals surface area contributed by atoms with Crippen molar-refractivity contribution in [3.8, 4) is 5.75 Å². The Balaban J connectivity index is 1.87. The van der Waals surface area contributed by atoms with Crippen molar-refractivity contribution in [2.24, 2.45) is 4.99 Å². The molecule has 1 atom stereocenters. The van der Waals surface area contributed by atoms with Crippen molar-refractivity contribution in [2.45, 2.75) is 25.5 Å². The minimum Gasteiger partial charge on any atom is -0.433 e. The fourth-order valence-corrected chi connectivity index (χ4v) is 3.61. The number of alkyl halides is 2. The minimum atomic E-state index is -2.97. The molecule has 1 aromatic carbocycles. The summed E-state index contributed by atoms with van der Waals surface area (Å²) in [5, 5.41) is 6.38. The van der Waals surface area contributed by atoms with Crippen LogP contribution >= 0.6 is 0 Å². The molecule has 1 fully saturated rings. The molecule has 1 heterocycles. The number of hydrogen-bond donors (Lipinski definition) is 2. The van der Waals surface area contributed by atoms with Crippen molar-refractivity contribution in [1.82, 2.24) is 10.6 Å². The number of anilines is 1. The van der Waals surface area contributed by atoms with Crippen molar-refractivity contribution in [3.05, 3.63) is 24.3 Å². The third-order valence-corrected chi connectivity index (χ3v) is 5.19. The molecule has 0 radical (unpaired) electrons. The SMILES string of the molecule is CN=C(NCCCS(C)(=O)=O)NC1CCN(c2ccccc2OC(F)F)C1. The summed E-state index contributed by atoms with van der Waals surface area (Å²) in [6.07, 6.45) is 2.52.